The lowest BCUT2D eigenvalue weighted by molar-refractivity contribution is 0.0793. The van der Waals surface area contributed by atoms with Crippen molar-refractivity contribution in [2.24, 2.45) is 0 Å². The maximum Gasteiger partial charge on any atom is 0.265 e. The summed E-state index contributed by atoms with van der Waals surface area (Å²) < 4.78 is 5.59. The summed E-state index contributed by atoms with van der Waals surface area (Å²) >= 11 is 1.37. The molecule has 0 bridgehead atoms. The van der Waals surface area contributed by atoms with Gasteiger partial charge >= 0.3 is 0 Å². The third-order valence-electron chi connectivity index (χ3n) is 2.89. The van der Waals surface area contributed by atoms with Gasteiger partial charge in [0.15, 0.2) is 0 Å². The summed E-state index contributed by atoms with van der Waals surface area (Å²) in [4.78, 5) is 14.4. The Morgan fingerprint density at radius 3 is 2.70 bits per heavy atom. The van der Waals surface area contributed by atoms with Gasteiger partial charge in [0.25, 0.3) is 5.91 Å². The lowest BCUT2D eigenvalue weighted by Crippen LogP contribution is -2.28. The highest BCUT2D eigenvalue weighted by atomic mass is 32.1. The van der Waals surface area contributed by atoms with Gasteiger partial charge in [-0.05, 0) is 30.0 Å². The third kappa shape index (κ3) is 3.74. The number of thiophene rings is 1. The molecule has 0 saturated heterocycles. The van der Waals surface area contributed by atoms with Crippen LogP contribution < -0.4 is 10.5 Å². The fourth-order valence-corrected chi connectivity index (χ4v) is 2.59. The topological polar surface area (TPSA) is 55.6 Å². The van der Waals surface area contributed by atoms with Gasteiger partial charge in [-0.1, -0.05) is 18.2 Å². The summed E-state index contributed by atoms with van der Waals surface area (Å²) in [6.07, 6.45) is 0.780. The predicted molar refractivity (Wildman–Crippen MR) is 82.2 cm³/mol. The van der Waals surface area contributed by atoms with Gasteiger partial charge in [0.05, 0.1) is 12.3 Å². The fraction of sp³-hybridized carbons (Fsp3) is 0.267. The molecule has 0 atom stereocenters. The number of rotatable bonds is 6. The predicted octanol–water partition coefficient (Wildman–Crippen LogP) is 2.87. The van der Waals surface area contributed by atoms with E-state index >= 15 is 0 Å². The van der Waals surface area contributed by atoms with E-state index in [0.717, 1.165) is 12.2 Å². The molecule has 0 aliphatic heterocycles. The van der Waals surface area contributed by atoms with Gasteiger partial charge in [-0.15, -0.1) is 11.3 Å². The molecule has 0 aliphatic carbocycles. The Labute approximate surface area is 122 Å². The van der Waals surface area contributed by atoms with Crippen molar-refractivity contribution < 1.29 is 9.53 Å². The van der Waals surface area contributed by atoms with Gasteiger partial charge < -0.3 is 15.4 Å². The summed E-state index contributed by atoms with van der Waals surface area (Å²) in [5, 5.41) is 1.83. The highest BCUT2D eigenvalue weighted by molar-refractivity contribution is 7.12. The largest absolute Gasteiger partial charge is 0.494 e. The Bertz CT molecular complexity index is 554. The normalized spacial score (nSPS) is 10.2. The van der Waals surface area contributed by atoms with Crippen LogP contribution in [0.3, 0.4) is 0 Å². The number of hydrogen-bond acceptors (Lipinski definition) is 4. The molecule has 1 heterocycles. The van der Waals surface area contributed by atoms with E-state index in [2.05, 4.69) is 0 Å². The SMILES string of the molecule is CN(CCCOc1ccccc1)C(=O)c1sccc1N. The average Bonchev–Trinajstić information content (AvgIpc) is 2.90. The molecule has 0 spiro atoms. The highest BCUT2D eigenvalue weighted by Crippen LogP contribution is 2.20. The molecule has 106 valence electrons. The number of para-hydroxylation sites is 1. The van der Waals surface area contributed by atoms with Crippen molar-refractivity contribution >= 4 is 22.9 Å². The zero-order valence-corrected chi connectivity index (χ0v) is 12.2. The fourth-order valence-electron chi connectivity index (χ4n) is 1.78. The molecule has 5 heteroatoms. The maximum absolute atomic E-state index is 12.1. The minimum absolute atomic E-state index is 0.0304. The standard InChI is InChI=1S/C15H18N2O2S/c1-17(15(18)14-13(16)8-11-20-14)9-5-10-19-12-6-3-2-4-7-12/h2-4,6-8,11H,5,9-10,16H2,1H3. The first-order chi connectivity index (χ1) is 9.68. The lowest BCUT2D eigenvalue weighted by Gasteiger charge is -2.16. The highest BCUT2D eigenvalue weighted by Gasteiger charge is 2.15. The molecule has 0 fully saturated rings. The minimum atomic E-state index is -0.0304. The number of anilines is 1. The molecule has 2 rings (SSSR count). The zero-order valence-electron chi connectivity index (χ0n) is 11.4. The molecule has 0 unspecified atom stereocenters. The first-order valence-electron chi connectivity index (χ1n) is 6.45. The van der Waals surface area contributed by atoms with Crippen LogP contribution in [0.4, 0.5) is 5.69 Å². The maximum atomic E-state index is 12.1. The second-order valence-corrected chi connectivity index (χ2v) is 5.36. The number of carbonyl (C=O) groups is 1. The molecular weight excluding hydrogens is 272 g/mol. The van der Waals surface area contributed by atoms with Crippen LogP contribution in [0.15, 0.2) is 41.8 Å². The van der Waals surface area contributed by atoms with E-state index in [1.54, 1.807) is 18.0 Å². The van der Waals surface area contributed by atoms with Crippen LogP contribution in [0.5, 0.6) is 5.75 Å². The van der Waals surface area contributed by atoms with Crippen molar-refractivity contribution in [3.05, 3.63) is 46.7 Å². The van der Waals surface area contributed by atoms with Crippen LogP contribution >= 0.6 is 11.3 Å². The Hall–Kier alpha value is -2.01. The summed E-state index contributed by atoms with van der Waals surface area (Å²) in [6.45, 7) is 1.23. The number of ether oxygens (including phenoxy) is 1. The molecule has 0 radical (unpaired) electrons. The van der Waals surface area contributed by atoms with Crippen LogP contribution in [0.2, 0.25) is 0 Å². The Kier molecular flexibility index (Phi) is 5.01. The third-order valence-corrected chi connectivity index (χ3v) is 3.80. The van der Waals surface area contributed by atoms with Gasteiger partial charge in [0.2, 0.25) is 0 Å². The quantitative estimate of drug-likeness (QED) is 0.832. The van der Waals surface area contributed by atoms with E-state index in [9.17, 15) is 4.79 Å². The smallest absolute Gasteiger partial charge is 0.265 e. The molecule has 0 saturated carbocycles. The molecule has 2 aromatic rings. The van der Waals surface area contributed by atoms with Crippen LogP contribution in [0, 0.1) is 0 Å². The molecule has 20 heavy (non-hydrogen) atoms. The summed E-state index contributed by atoms with van der Waals surface area (Å²) in [5.74, 6) is 0.821. The van der Waals surface area contributed by atoms with E-state index in [4.69, 9.17) is 10.5 Å². The summed E-state index contributed by atoms with van der Waals surface area (Å²) in [5.41, 5.74) is 6.30. The molecule has 0 aliphatic rings. The van der Waals surface area contributed by atoms with E-state index in [1.165, 1.54) is 11.3 Å². The lowest BCUT2D eigenvalue weighted by atomic mass is 10.3. The molecule has 4 nitrogen and oxygen atoms in total. The number of carbonyl (C=O) groups excluding carboxylic acids is 1. The monoisotopic (exact) mass is 290 g/mol. The van der Waals surface area contributed by atoms with Gasteiger partial charge in [0, 0.05) is 13.6 Å². The van der Waals surface area contributed by atoms with E-state index in [1.807, 2.05) is 35.7 Å². The van der Waals surface area contributed by atoms with Gasteiger partial charge in [-0.2, -0.15) is 0 Å². The molecular formula is C15H18N2O2S. The Morgan fingerprint density at radius 2 is 2.05 bits per heavy atom. The van der Waals surface area contributed by atoms with Crippen molar-refractivity contribution in [3.8, 4) is 5.75 Å². The zero-order chi connectivity index (χ0) is 14.4. The first-order valence-corrected chi connectivity index (χ1v) is 7.32. The minimum Gasteiger partial charge on any atom is -0.494 e. The number of nitrogens with zero attached hydrogens (tertiary/aromatic N) is 1. The molecule has 1 aromatic carbocycles. The number of nitrogen functional groups attached to an aromatic ring is 1. The Morgan fingerprint density at radius 1 is 1.30 bits per heavy atom. The first kappa shape index (κ1) is 14.4. The van der Waals surface area contributed by atoms with Gasteiger partial charge in [-0.3, -0.25) is 4.79 Å². The van der Waals surface area contributed by atoms with Gasteiger partial charge in [-0.25, -0.2) is 0 Å². The second-order valence-electron chi connectivity index (χ2n) is 4.45. The Balaban J connectivity index is 1.74. The average molecular weight is 290 g/mol. The second kappa shape index (κ2) is 6.96. The molecule has 1 aromatic heterocycles. The molecule has 1 amide bonds. The van der Waals surface area contributed by atoms with Crippen LogP contribution in [0.1, 0.15) is 16.1 Å². The van der Waals surface area contributed by atoms with Crippen LogP contribution in [0.25, 0.3) is 0 Å². The van der Waals surface area contributed by atoms with Gasteiger partial charge in [0.1, 0.15) is 10.6 Å². The number of benzene rings is 1. The molecule has 2 N–H and O–H groups in total. The van der Waals surface area contributed by atoms with E-state index in [0.29, 0.717) is 23.7 Å². The van der Waals surface area contributed by atoms with Crippen molar-refractivity contribution in [1.82, 2.24) is 4.90 Å². The van der Waals surface area contributed by atoms with Crippen molar-refractivity contribution in [2.45, 2.75) is 6.42 Å². The van der Waals surface area contributed by atoms with Crippen LogP contribution in [-0.2, 0) is 0 Å². The van der Waals surface area contributed by atoms with Crippen LogP contribution in [-0.4, -0.2) is 31.0 Å². The van der Waals surface area contributed by atoms with E-state index in [-0.39, 0.29) is 5.91 Å². The van der Waals surface area contributed by atoms with Crippen molar-refractivity contribution in [1.29, 1.82) is 0 Å². The van der Waals surface area contributed by atoms with Crippen molar-refractivity contribution in [2.75, 3.05) is 25.9 Å². The van der Waals surface area contributed by atoms with Crippen molar-refractivity contribution in [3.63, 3.8) is 0 Å². The number of nitrogens with two attached hydrogens (primary N) is 1. The number of hydrogen-bond donors (Lipinski definition) is 1. The number of amides is 1. The van der Waals surface area contributed by atoms with E-state index < -0.39 is 0 Å². The summed E-state index contributed by atoms with van der Waals surface area (Å²) in [7, 11) is 1.78. The summed E-state index contributed by atoms with van der Waals surface area (Å²) in [6, 6.07) is 11.4.